The van der Waals surface area contributed by atoms with Gasteiger partial charge >= 0.3 is 6.18 Å². The second-order valence-corrected chi connectivity index (χ2v) is 4.98. The first-order chi connectivity index (χ1) is 9.05. The number of hydrogen-bond donors (Lipinski definition) is 1. The highest BCUT2D eigenvalue weighted by molar-refractivity contribution is 5.24. The standard InChI is InChI=1S/C15H18F3N/c16-15(17,18)14-8-6-13(7-9-14)11-19-10-12-4-2-1-3-5-12/h1-2,6-9,12,19H,3-5,10-11H2. The van der Waals surface area contributed by atoms with Gasteiger partial charge in [0.25, 0.3) is 0 Å². The fourth-order valence-corrected chi connectivity index (χ4v) is 2.27. The summed E-state index contributed by atoms with van der Waals surface area (Å²) in [5.74, 6) is 0.652. The molecule has 0 fully saturated rings. The summed E-state index contributed by atoms with van der Waals surface area (Å²) in [6.07, 6.45) is 3.57. The largest absolute Gasteiger partial charge is 0.416 e. The van der Waals surface area contributed by atoms with Crippen LogP contribution in [-0.4, -0.2) is 6.54 Å². The minimum atomic E-state index is -4.25. The van der Waals surface area contributed by atoms with Gasteiger partial charge in [-0.1, -0.05) is 24.3 Å². The minimum absolute atomic E-state index is 0.589. The number of rotatable bonds is 4. The summed E-state index contributed by atoms with van der Waals surface area (Å²) in [6.45, 7) is 1.55. The molecule has 1 aromatic carbocycles. The van der Waals surface area contributed by atoms with E-state index in [0.717, 1.165) is 37.1 Å². The van der Waals surface area contributed by atoms with Crippen LogP contribution in [0, 0.1) is 5.92 Å². The summed E-state index contributed by atoms with van der Waals surface area (Å²) in [5, 5.41) is 3.31. The Morgan fingerprint density at radius 1 is 1.11 bits per heavy atom. The molecule has 104 valence electrons. The van der Waals surface area contributed by atoms with Crippen molar-refractivity contribution in [2.24, 2.45) is 5.92 Å². The van der Waals surface area contributed by atoms with Crippen molar-refractivity contribution in [1.29, 1.82) is 0 Å². The van der Waals surface area contributed by atoms with Crippen molar-refractivity contribution in [1.82, 2.24) is 5.32 Å². The molecule has 1 aromatic rings. The van der Waals surface area contributed by atoms with Gasteiger partial charge in [0, 0.05) is 6.54 Å². The Morgan fingerprint density at radius 3 is 2.42 bits per heavy atom. The maximum Gasteiger partial charge on any atom is 0.416 e. The Morgan fingerprint density at radius 2 is 1.84 bits per heavy atom. The van der Waals surface area contributed by atoms with Crippen LogP contribution in [-0.2, 0) is 12.7 Å². The summed E-state index contributed by atoms with van der Waals surface area (Å²) in [5.41, 5.74) is 0.299. The SMILES string of the molecule is FC(F)(F)c1ccc(CNCC2CC=CCC2)cc1. The lowest BCUT2D eigenvalue weighted by Crippen LogP contribution is -2.23. The fourth-order valence-electron chi connectivity index (χ4n) is 2.27. The Bertz CT molecular complexity index is 420. The maximum atomic E-state index is 12.4. The molecule has 0 spiro atoms. The van der Waals surface area contributed by atoms with Gasteiger partial charge in [0.05, 0.1) is 5.56 Å². The van der Waals surface area contributed by atoms with Crippen molar-refractivity contribution in [3.8, 4) is 0 Å². The first-order valence-corrected chi connectivity index (χ1v) is 6.57. The number of allylic oxidation sites excluding steroid dienone is 2. The van der Waals surface area contributed by atoms with Crippen molar-refractivity contribution in [3.05, 3.63) is 47.5 Å². The van der Waals surface area contributed by atoms with E-state index >= 15 is 0 Å². The van der Waals surface area contributed by atoms with Crippen molar-refractivity contribution < 1.29 is 13.2 Å². The molecule has 1 aliphatic rings. The summed E-state index contributed by atoms with van der Waals surface area (Å²) in [7, 11) is 0. The molecule has 1 aliphatic carbocycles. The molecule has 0 radical (unpaired) electrons. The zero-order valence-corrected chi connectivity index (χ0v) is 10.7. The third kappa shape index (κ3) is 4.39. The Hall–Kier alpha value is -1.29. The first kappa shape index (κ1) is 14.1. The van der Waals surface area contributed by atoms with Gasteiger partial charge in [0.1, 0.15) is 0 Å². The van der Waals surface area contributed by atoms with E-state index in [9.17, 15) is 13.2 Å². The van der Waals surface area contributed by atoms with Gasteiger partial charge in [-0.15, -0.1) is 0 Å². The molecule has 0 aliphatic heterocycles. The van der Waals surface area contributed by atoms with Gasteiger partial charge in [-0.25, -0.2) is 0 Å². The number of benzene rings is 1. The van der Waals surface area contributed by atoms with Crippen LogP contribution in [0.3, 0.4) is 0 Å². The minimum Gasteiger partial charge on any atom is -0.312 e. The summed E-state index contributed by atoms with van der Waals surface area (Å²) in [6, 6.07) is 5.36. The lowest BCUT2D eigenvalue weighted by molar-refractivity contribution is -0.137. The lowest BCUT2D eigenvalue weighted by atomic mass is 9.94. The lowest BCUT2D eigenvalue weighted by Gasteiger charge is -2.18. The molecular weight excluding hydrogens is 251 g/mol. The number of alkyl halides is 3. The highest BCUT2D eigenvalue weighted by Crippen LogP contribution is 2.29. The van der Waals surface area contributed by atoms with Gasteiger partial charge in [-0.05, 0) is 49.4 Å². The average Bonchev–Trinajstić information content (AvgIpc) is 2.39. The molecule has 0 saturated heterocycles. The number of hydrogen-bond acceptors (Lipinski definition) is 1. The third-order valence-electron chi connectivity index (χ3n) is 3.42. The molecule has 0 amide bonds. The zero-order valence-electron chi connectivity index (χ0n) is 10.7. The Labute approximate surface area is 111 Å². The quantitative estimate of drug-likeness (QED) is 0.810. The van der Waals surface area contributed by atoms with Crippen LogP contribution in [0.5, 0.6) is 0 Å². The highest BCUT2D eigenvalue weighted by Gasteiger charge is 2.29. The molecule has 0 heterocycles. The summed E-state index contributed by atoms with van der Waals surface area (Å²) >= 11 is 0. The molecule has 1 unspecified atom stereocenters. The van der Waals surface area contributed by atoms with Crippen LogP contribution in [0.15, 0.2) is 36.4 Å². The predicted octanol–water partition coefficient (Wildman–Crippen LogP) is 4.15. The van der Waals surface area contributed by atoms with E-state index in [1.165, 1.54) is 18.6 Å². The summed E-state index contributed by atoms with van der Waals surface area (Å²) < 4.78 is 37.2. The maximum absolute atomic E-state index is 12.4. The van der Waals surface area contributed by atoms with Crippen LogP contribution < -0.4 is 5.32 Å². The normalized spacial score (nSPS) is 19.6. The smallest absolute Gasteiger partial charge is 0.312 e. The van der Waals surface area contributed by atoms with Crippen molar-refractivity contribution in [3.63, 3.8) is 0 Å². The van der Waals surface area contributed by atoms with Gasteiger partial charge < -0.3 is 5.32 Å². The van der Waals surface area contributed by atoms with E-state index in [1.807, 2.05) is 0 Å². The van der Waals surface area contributed by atoms with Crippen molar-refractivity contribution in [2.75, 3.05) is 6.54 Å². The predicted molar refractivity (Wildman–Crippen MR) is 69.6 cm³/mol. The molecule has 1 N–H and O–H groups in total. The Kier molecular flexibility index (Phi) is 4.64. The number of halogens is 3. The van der Waals surface area contributed by atoms with Crippen LogP contribution in [0.4, 0.5) is 13.2 Å². The molecule has 0 bridgehead atoms. The van der Waals surface area contributed by atoms with Crippen LogP contribution in [0.25, 0.3) is 0 Å². The van der Waals surface area contributed by atoms with Gasteiger partial charge in [0.15, 0.2) is 0 Å². The zero-order chi connectivity index (χ0) is 13.7. The van der Waals surface area contributed by atoms with E-state index in [4.69, 9.17) is 0 Å². The third-order valence-corrected chi connectivity index (χ3v) is 3.42. The highest BCUT2D eigenvalue weighted by atomic mass is 19.4. The monoisotopic (exact) mass is 269 g/mol. The van der Waals surface area contributed by atoms with E-state index in [1.54, 1.807) is 0 Å². The molecular formula is C15H18F3N. The molecule has 0 aromatic heterocycles. The molecule has 4 heteroatoms. The second kappa shape index (κ2) is 6.24. The fraction of sp³-hybridized carbons (Fsp3) is 0.467. The molecule has 1 nitrogen and oxygen atoms in total. The first-order valence-electron chi connectivity index (χ1n) is 6.57. The molecule has 19 heavy (non-hydrogen) atoms. The van der Waals surface area contributed by atoms with E-state index in [0.29, 0.717) is 12.5 Å². The van der Waals surface area contributed by atoms with Gasteiger partial charge in [-0.2, -0.15) is 13.2 Å². The van der Waals surface area contributed by atoms with E-state index in [2.05, 4.69) is 17.5 Å². The Balaban J connectivity index is 1.78. The van der Waals surface area contributed by atoms with Crippen LogP contribution >= 0.6 is 0 Å². The van der Waals surface area contributed by atoms with Crippen LogP contribution in [0.1, 0.15) is 30.4 Å². The van der Waals surface area contributed by atoms with E-state index < -0.39 is 11.7 Å². The van der Waals surface area contributed by atoms with Crippen LogP contribution in [0.2, 0.25) is 0 Å². The average molecular weight is 269 g/mol. The van der Waals surface area contributed by atoms with Crippen molar-refractivity contribution >= 4 is 0 Å². The molecule has 1 atom stereocenters. The molecule has 2 rings (SSSR count). The second-order valence-electron chi connectivity index (χ2n) is 4.98. The summed E-state index contributed by atoms with van der Waals surface area (Å²) in [4.78, 5) is 0. The topological polar surface area (TPSA) is 12.0 Å². The van der Waals surface area contributed by atoms with Gasteiger partial charge in [-0.3, -0.25) is 0 Å². The van der Waals surface area contributed by atoms with Gasteiger partial charge in [0.2, 0.25) is 0 Å². The van der Waals surface area contributed by atoms with Crippen molar-refractivity contribution in [2.45, 2.75) is 32.0 Å². The molecule has 0 saturated carbocycles. The van der Waals surface area contributed by atoms with E-state index in [-0.39, 0.29) is 0 Å². The number of nitrogens with one attached hydrogen (secondary N) is 1.